The van der Waals surface area contributed by atoms with Crippen LogP contribution in [-0.2, 0) is 20.9 Å². The second-order valence-electron chi connectivity index (χ2n) is 10.2. The third-order valence-corrected chi connectivity index (χ3v) is 7.47. The molecule has 0 saturated carbocycles. The fourth-order valence-corrected chi connectivity index (χ4v) is 5.40. The zero-order chi connectivity index (χ0) is 27.1. The van der Waals surface area contributed by atoms with Crippen LogP contribution in [0.15, 0.2) is 60.3 Å². The summed E-state index contributed by atoms with van der Waals surface area (Å²) in [6, 6.07) is 17.8. The van der Waals surface area contributed by atoms with Crippen molar-refractivity contribution < 1.29 is 14.4 Å². The Hall–Kier alpha value is -3.65. The molecule has 2 aliphatic heterocycles. The predicted molar refractivity (Wildman–Crippen MR) is 149 cm³/mol. The van der Waals surface area contributed by atoms with Crippen LogP contribution >= 0.6 is 0 Å². The molecule has 0 bridgehead atoms. The Labute approximate surface area is 225 Å². The number of benzene rings is 2. The Morgan fingerprint density at radius 3 is 2.42 bits per heavy atom. The molecule has 3 amide bonds. The largest absolute Gasteiger partial charge is 0.367 e. The van der Waals surface area contributed by atoms with Gasteiger partial charge in [-0.1, -0.05) is 60.2 Å². The number of rotatable bonds is 8. The Morgan fingerprint density at radius 1 is 1.03 bits per heavy atom. The number of hydrogen-bond acceptors (Lipinski definition) is 5. The first-order chi connectivity index (χ1) is 18.4. The maximum Gasteiger partial charge on any atom is 0.272 e. The number of amides is 3. The van der Waals surface area contributed by atoms with Gasteiger partial charge in [-0.3, -0.25) is 14.4 Å². The highest BCUT2D eigenvalue weighted by molar-refractivity contribution is 6.02. The average molecular weight is 518 g/mol. The minimum absolute atomic E-state index is 0.0150. The zero-order valence-corrected chi connectivity index (χ0v) is 22.7. The van der Waals surface area contributed by atoms with Gasteiger partial charge < -0.3 is 24.9 Å². The van der Waals surface area contributed by atoms with Gasteiger partial charge in [-0.25, -0.2) is 0 Å². The van der Waals surface area contributed by atoms with Crippen LogP contribution in [0.5, 0.6) is 0 Å². The van der Waals surface area contributed by atoms with E-state index in [1.807, 2.05) is 78.4 Å². The number of carbonyl (C=O) groups is 3. The number of likely N-dealkylation sites (N-methyl/N-ethyl adjacent to an activating group) is 1. The SMILES string of the molecule is CC(=O)N1CCCC(N(C)/C(=C(/C(=O)N2CCNCC2)N(C=O)Cc2cccc(C)c2)c2ccccc2)C1. The molecular weight excluding hydrogens is 478 g/mol. The highest BCUT2D eigenvalue weighted by Gasteiger charge is 2.33. The third kappa shape index (κ3) is 6.42. The number of piperidine rings is 1. The molecule has 0 radical (unpaired) electrons. The van der Waals surface area contributed by atoms with E-state index < -0.39 is 0 Å². The lowest BCUT2D eigenvalue weighted by molar-refractivity contribution is -0.132. The number of aryl methyl sites for hydroxylation is 1. The average Bonchev–Trinajstić information content (AvgIpc) is 2.95. The molecule has 2 aromatic carbocycles. The van der Waals surface area contributed by atoms with Gasteiger partial charge in [0.2, 0.25) is 12.3 Å². The van der Waals surface area contributed by atoms with Crippen LogP contribution in [0.2, 0.25) is 0 Å². The Kier molecular flexibility index (Phi) is 9.18. The van der Waals surface area contributed by atoms with Crippen LogP contribution < -0.4 is 5.32 Å². The van der Waals surface area contributed by atoms with Crippen molar-refractivity contribution in [3.05, 3.63) is 77.0 Å². The smallest absolute Gasteiger partial charge is 0.272 e. The maximum absolute atomic E-state index is 14.3. The summed E-state index contributed by atoms with van der Waals surface area (Å²) in [6.07, 6.45) is 2.56. The molecule has 0 spiro atoms. The molecule has 2 aromatic rings. The summed E-state index contributed by atoms with van der Waals surface area (Å²) in [5.74, 6) is -0.101. The summed E-state index contributed by atoms with van der Waals surface area (Å²) in [5.41, 5.74) is 4.00. The van der Waals surface area contributed by atoms with E-state index in [0.29, 0.717) is 44.1 Å². The molecule has 0 aliphatic carbocycles. The van der Waals surface area contributed by atoms with Crippen molar-refractivity contribution in [2.24, 2.45) is 0 Å². The van der Waals surface area contributed by atoms with E-state index in [1.54, 1.807) is 11.8 Å². The molecule has 2 fully saturated rings. The van der Waals surface area contributed by atoms with Gasteiger partial charge in [0.05, 0.1) is 12.2 Å². The lowest BCUT2D eigenvalue weighted by Crippen LogP contribution is -2.51. The van der Waals surface area contributed by atoms with Gasteiger partial charge in [0.25, 0.3) is 5.91 Å². The fraction of sp³-hybridized carbons (Fsp3) is 0.433. The Morgan fingerprint density at radius 2 is 1.76 bits per heavy atom. The van der Waals surface area contributed by atoms with Crippen LogP contribution in [0.25, 0.3) is 5.70 Å². The number of nitrogens with zero attached hydrogens (tertiary/aromatic N) is 4. The topological polar surface area (TPSA) is 76.2 Å². The number of likely N-dealkylation sites (tertiary alicyclic amines) is 1. The summed E-state index contributed by atoms with van der Waals surface area (Å²) >= 11 is 0. The van der Waals surface area contributed by atoms with E-state index >= 15 is 0 Å². The molecule has 202 valence electrons. The van der Waals surface area contributed by atoms with Gasteiger partial charge in [0, 0.05) is 64.8 Å². The van der Waals surface area contributed by atoms with E-state index in [-0.39, 0.29) is 24.4 Å². The van der Waals surface area contributed by atoms with Crippen molar-refractivity contribution in [3.8, 4) is 0 Å². The summed E-state index contributed by atoms with van der Waals surface area (Å²) in [6.45, 7) is 7.80. The zero-order valence-electron chi connectivity index (χ0n) is 22.7. The van der Waals surface area contributed by atoms with Crippen molar-refractivity contribution >= 4 is 23.9 Å². The van der Waals surface area contributed by atoms with Gasteiger partial charge in [0.15, 0.2) is 0 Å². The van der Waals surface area contributed by atoms with Crippen LogP contribution in [0.4, 0.5) is 0 Å². The molecule has 4 rings (SSSR count). The lowest BCUT2D eigenvalue weighted by atomic mass is 10.00. The second kappa shape index (κ2) is 12.7. The summed E-state index contributed by atoms with van der Waals surface area (Å²) in [5, 5.41) is 3.31. The normalized spacial score (nSPS) is 18.4. The Bertz CT molecular complexity index is 1160. The summed E-state index contributed by atoms with van der Waals surface area (Å²) < 4.78 is 0. The van der Waals surface area contributed by atoms with E-state index in [4.69, 9.17) is 0 Å². The van der Waals surface area contributed by atoms with Crippen molar-refractivity contribution in [1.29, 1.82) is 0 Å². The number of hydrogen-bond donors (Lipinski definition) is 1. The third-order valence-electron chi connectivity index (χ3n) is 7.47. The van der Waals surface area contributed by atoms with Crippen LogP contribution in [0.3, 0.4) is 0 Å². The molecule has 1 unspecified atom stereocenters. The first kappa shape index (κ1) is 27.4. The van der Waals surface area contributed by atoms with E-state index in [0.717, 1.165) is 42.5 Å². The van der Waals surface area contributed by atoms with Gasteiger partial charge in [-0.05, 0) is 25.3 Å². The highest BCUT2D eigenvalue weighted by atomic mass is 16.2. The maximum atomic E-state index is 14.3. The molecule has 0 aromatic heterocycles. The van der Waals surface area contributed by atoms with Gasteiger partial charge >= 0.3 is 0 Å². The molecule has 2 saturated heterocycles. The fourth-order valence-electron chi connectivity index (χ4n) is 5.40. The van der Waals surface area contributed by atoms with Crippen LogP contribution in [0, 0.1) is 6.92 Å². The molecule has 38 heavy (non-hydrogen) atoms. The molecule has 8 nitrogen and oxygen atoms in total. The lowest BCUT2D eigenvalue weighted by Gasteiger charge is -2.41. The van der Waals surface area contributed by atoms with Gasteiger partial charge in [-0.2, -0.15) is 0 Å². The Balaban J connectivity index is 1.85. The monoisotopic (exact) mass is 517 g/mol. The first-order valence-electron chi connectivity index (χ1n) is 13.4. The molecule has 2 heterocycles. The molecule has 1 N–H and O–H groups in total. The minimum atomic E-state index is -0.156. The second-order valence-corrected chi connectivity index (χ2v) is 10.2. The minimum Gasteiger partial charge on any atom is -0.367 e. The molecule has 8 heteroatoms. The standard InChI is InChI=1S/C30H39N5O3/c1-23-9-7-10-25(19-23)20-35(22-36)29(30(38)33-17-14-31-15-18-33)28(26-11-5-4-6-12-26)32(3)27-13-8-16-34(21-27)24(2)37/h4-7,9-12,19,22,27,31H,8,13-18,20-21H2,1-3H3/b29-28-. The van der Waals surface area contributed by atoms with E-state index in [2.05, 4.69) is 10.2 Å². The van der Waals surface area contributed by atoms with Gasteiger partial charge in [0.1, 0.15) is 5.70 Å². The van der Waals surface area contributed by atoms with E-state index in [9.17, 15) is 14.4 Å². The van der Waals surface area contributed by atoms with Crippen LogP contribution in [0.1, 0.15) is 36.5 Å². The number of piperazine rings is 1. The number of nitrogens with one attached hydrogen (secondary N) is 1. The van der Waals surface area contributed by atoms with Crippen molar-refractivity contribution in [3.63, 3.8) is 0 Å². The van der Waals surface area contributed by atoms with Crippen molar-refractivity contribution in [2.75, 3.05) is 46.3 Å². The highest BCUT2D eigenvalue weighted by Crippen LogP contribution is 2.31. The predicted octanol–water partition coefficient (Wildman–Crippen LogP) is 2.70. The van der Waals surface area contributed by atoms with Crippen LogP contribution in [-0.4, -0.2) is 90.2 Å². The molecule has 1 atom stereocenters. The first-order valence-corrected chi connectivity index (χ1v) is 13.4. The van der Waals surface area contributed by atoms with E-state index in [1.165, 1.54) is 0 Å². The summed E-state index contributed by atoms with van der Waals surface area (Å²) in [4.78, 5) is 46.6. The quantitative estimate of drug-likeness (QED) is 0.431. The summed E-state index contributed by atoms with van der Waals surface area (Å²) in [7, 11) is 1.98. The number of carbonyl (C=O) groups excluding carboxylic acids is 3. The van der Waals surface area contributed by atoms with Gasteiger partial charge in [-0.15, -0.1) is 0 Å². The molecule has 2 aliphatic rings. The molecular formula is C30H39N5O3. The van der Waals surface area contributed by atoms with Crippen molar-refractivity contribution in [2.45, 2.75) is 39.3 Å². The van der Waals surface area contributed by atoms with Crippen molar-refractivity contribution in [1.82, 2.24) is 24.9 Å².